The molecule has 0 aromatic carbocycles. The van der Waals surface area contributed by atoms with Gasteiger partial charge in [0.15, 0.2) is 10.4 Å². The lowest BCUT2D eigenvalue weighted by atomic mass is 10.2. The molecule has 2 rings (SSSR count). The minimum absolute atomic E-state index is 0.787. The lowest BCUT2D eigenvalue weighted by Gasteiger charge is -2.03. The summed E-state index contributed by atoms with van der Waals surface area (Å²) in [5.74, 6) is 0. The zero-order chi connectivity index (χ0) is 12.3. The van der Waals surface area contributed by atoms with Crippen molar-refractivity contribution in [2.45, 2.75) is 46.1 Å². The molecule has 92 valence electrons. The number of nitrogens with one attached hydrogen (secondary N) is 1. The van der Waals surface area contributed by atoms with E-state index < -0.39 is 0 Å². The fraction of sp³-hybridized carbons (Fsp3) is 0.538. The van der Waals surface area contributed by atoms with Crippen molar-refractivity contribution in [1.29, 1.82) is 0 Å². The van der Waals surface area contributed by atoms with Gasteiger partial charge in [0.1, 0.15) is 0 Å². The van der Waals surface area contributed by atoms with E-state index >= 15 is 0 Å². The van der Waals surface area contributed by atoms with Gasteiger partial charge in [0.25, 0.3) is 0 Å². The lowest BCUT2D eigenvalue weighted by Crippen LogP contribution is -1.99. The number of aromatic nitrogens is 3. The summed E-state index contributed by atoms with van der Waals surface area (Å²) >= 11 is 5.34. The van der Waals surface area contributed by atoms with E-state index in [0.29, 0.717) is 0 Å². The number of fused-ring (bicyclic) bond motifs is 1. The maximum atomic E-state index is 5.34. The van der Waals surface area contributed by atoms with Crippen LogP contribution in [0.4, 0.5) is 0 Å². The summed E-state index contributed by atoms with van der Waals surface area (Å²) in [6.45, 7) is 5.23. The molecule has 0 fully saturated rings. The second-order valence-electron chi connectivity index (χ2n) is 4.53. The number of unbranched alkanes of at least 4 members (excludes halogenated alkanes) is 3. The molecule has 17 heavy (non-hydrogen) atoms. The van der Waals surface area contributed by atoms with E-state index in [2.05, 4.69) is 27.5 Å². The molecule has 0 aliphatic heterocycles. The predicted octanol–water partition coefficient (Wildman–Crippen LogP) is 3.98. The van der Waals surface area contributed by atoms with Gasteiger partial charge < -0.3 is 9.55 Å². The molecule has 3 nitrogen and oxygen atoms in total. The van der Waals surface area contributed by atoms with Gasteiger partial charge in [-0.3, -0.25) is 0 Å². The highest BCUT2D eigenvalue weighted by atomic mass is 32.1. The molecular weight excluding hydrogens is 230 g/mol. The fourth-order valence-corrected chi connectivity index (χ4v) is 2.34. The van der Waals surface area contributed by atoms with Crippen molar-refractivity contribution >= 4 is 23.4 Å². The third-order valence-corrected chi connectivity index (χ3v) is 3.30. The van der Waals surface area contributed by atoms with E-state index in [-0.39, 0.29) is 0 Å². The molecule has 2 aromatic rings. The fourth-order valence-electron chi connectivity index (χ4n) is 2.05. The SMILES string of the molecule is CCCCCCn1c(=S)[nH]c2cc(C)cnc21. The van der Waals surface area contributed by atoms with Crippen molar-refractivity contribution in [3.8, 4) is 0 Å². The first-order chi connectivity index (χ1) is 8.22. The molecular formula is C13H19N3S. The topological polar surface area (TPSA) is 33.6 Å². The van der Waals surface area contributed by atoms with Crippen LogP contribution in [-0.4, -0.2) is 14.5 Å². The van der Waals surface area contributed by atoms with Crippen LogP contribution in [0.5, 0.6) is 0 Å². The van der Waals surface area contributed by atoms with Crippen molar-refractivity contribution in [2.75, 3.05) is 0 Å². The summed E-state index contributed by atoms with van der Waals surface area (Å²) in [5, 5.41) is 0. The van der Waals surface area contributed by atoms with Gasteiger partial charge in [-0.05, 0) is 37.2 Å². The van der Waals surface area contributed by atoms with Crippen molar-refractivity contribution in [3.63, 3.8) is 0 Å². The Bertz CT molecular complexity index is 553. The van der Waals surface area contributed by atoms with Gasteiger partial charge in [0, 0.05) is 12.7 Å². The average molecular weight is 249 g/mol. The van der Waals surface area contributed by atoms with Gasteiger partial charge in [0.2, 0.25) is 0 Å². The van der Waals surface area contributed by atoms with Gasteiger partial charge >= 0.3 is 0 Å². The summed E-state index contributed by atoms with van der Waals surface area (Å²) < 4.78 is 2.90. The second-order valence-corrected chi connectivity index (χ2v) is 4.91. The van der Waals surface area contributed by atoms with Crippen LogP contribution in [-0.2, 0) is 6.54 Å². The standard InChI is InChI=1S/C13H19N3S/c1-3-4-5-6-7-16-12-11(15-13(16)17)8-10(2)9-14-12/h8-9H,3-7H2,1-2H3,(H,15,17). The molecule has 0 spiro atoms. The number of pyridine rings is 1. The van der Waals surface area contributed by atoms with Crippen LogP contribution in [0.25, 0.3) is 11.2 Å². The summed E-state index contributed by atoms with van der Waals surface area (Å²) in [4.78, 5) is 7.69. The highest BCUT2D eigenvalue weighted by Crippen LogP contribution is 2.14. The van der Waals surface area contributed by atoms with Gasteiger partial charge in [-0.25, -0.2) is 4.98 Å². The van der Waals surface area contributed by atoms with E-state index in [4.69, 9.17) is 12.2 Å². The van der Waals surface area contributed by atoms with E-state index in [9.17, 15) is 0 Å². The predicted molar refractivity (Wildman–Crippen MR) is 73.8 cm³/mol. The van der Waals surface area contributed by atoms with Gasteiger partial charge in [-0.2, -0.15) is 0 Å². The largest absolute Gasteiger partial charge is 0.329 e. The Hall–Kier alpha value is -1.16. The minimum atomic E-state index is 0.787. The highest BCUT2D eigenvalue weighted by Gasteiger charge is 2.05. The Morgan fingerprint density at radius 1 is 1.35 bits per heavy atom. The second kappa shape index (κ2) is 5.45. The Kier molecular flexibility index (Phi) is 3.94. The number of imidazole rings is 1. The van der Waals surface area contributed by atoms with Crippen LogP contribution >= 0.6 is 12.2 Å². The van der Waals surface area contributed by atoms with E-state index in [1.807, 2.05) is 13.1 Å². The monoisotopic (exact) mass is 249 g/mol. The molecule has 2 heterocycles. The van der Waals surface area contributed by atoms with E-state index in [0.717, 1.165) is 28.0 Å². The van der Waals surface area contributed by atoms with Crippen LogP contribution in [0.3, 0.4) is 0 Å². The number of H-pyrrole nitrogens is 1. The molecule has 2 aromatic heterocycles. The zero-order valence-corrected chi connectivity index (χ0v) is 11.3. The van der Waals surface area contributed by atoms with Crippen molar-refractivity contribution in [2.24, 2.45) is 0 Å². The molecule has 4 heteroatoms. The summed E-state index contributed by atoms with van der Waals surface area (Å²) in [5.41, 5.74) is 3.19. The Balaban J connectivity index is 2.21. The number of aromatic amines is 1. The van der Waals surface area contributed by atoms with E-state index in [1.165, 1.54) is 25.7 Å². The highest BCUT2D eigenvalue weighted by molar-refractivity contribution is 7.71. The maximum Gasteiger partial charge on any atom is 0.179 e. The van der Waals surface area contributed by atoms with E-state index in [1.54, 1.807) is 0 Å². The number of aryl methyl sites for hydroxylation is 2. The molecule has 1 N–H and O–H groups in total. The van der Waals surface area contributed by atoms with Crippen LogP contribution < -0.4 is 0 Å². The van der Waals surface area contributed by atoms with Crippen LogP contribution in [0.15, 0.2) is 12.3 Å². The first kappa shape index (κ1) is 12.3. The first-order valence-electron chi connectivity index (χ1n) is 6.27. The third kappa shape index (κ3) is 2.75. The molecule has 0 bridgehead atoms. The van der Waals surface area contributed by atoms with Crippen molar-refractivity contribution in [1.82, 2.24) is 14.5 Å². The Labute approximate surface area is 107 Å². The van der Waals surface area contributed by atoms with Gasteiger partial charge in [-0.1, -0.05) is 26.2 Å². The van der Waals surface area contributed by atoms with Crippen molar-refractivity contribution < 1.29 is 0 Å². The Morgan fingerprint density at radius 2 is 2.18 bits per heavy atom. The zero-order valence-electron chi connectivity index (χ0n) is 10.5. The summed E-state index contributed by atoms with van der Waals surface area (Å²) in [6, 6.07) is 2.10. The molecule has 0 unspecified atom stereocenters. The molecule has 0 atom stereocenters. The number of rotatable bonds is 5. The smallest absolute Gasteiger partial charge is 0.179 e. The molecule has 0 saturated carbocycles. The van der Waals surface area contributed by atoms with Gasteiger partial charge in [-0.15, -0.1) is 0 Å². The van der Waals surface area contributed by atoms with Crippen LogP contribution in [0.1, 0.15) is 38.2 Å². The number of nitrogens with zero attached hydrogens (tertiary/aromatic N) is 2. The van der Waals surface area contributed by atoms with Gasteiger partial charge in [0.05, 0.1) is 5.52 Å². The quantitative estimate of drug-likeness (QED) is 0.642. The summed E-state index contributed by atoms with van der Waals surface area (Å²) in [6.07, 6.45) is 6.88. The normalized spacial score (nSPS) is 11.2. The first-order valence-corrected chi connectivity index (χ1v) is 6.68. The minimum Gasteiger partial charge on any atom is -0.329 e. The van der Waals surface area contributed by atoms with Crippen molar-refractivity contribution in [3.05, 3.63) is 22.6 Å². The van der Waals surface area contributed by atoms with Crippen LogP contribution in [0.2, 0.25) is 0 Å². The number of hydrogen-bond acceptors (Lipinski definition) is 2. The summed E-state index contributed by atoms with van der Waals surface area (Å²) in [7, 11) is 0. The Morgan fingerprint density at radius 3 is 2.94 bits per heavy atom. The van der Waals surface area contributed by atoms with Crippen LogP contribution in [0, 0.1) is 11.7 Å². The lowest BCUT2D eigenvalue weighted by molar-refractivity contribution is 0.585. The maximum absolute atomic E-state index is 5.34. The average Bonchev–Trinajstić information content (AvgIpc) is 2.60. The molecule has 0 radical (unpaired) electrons. The molecule has 0 aliphatic carbocycles. The third-order valence-electron chi connectivity index (χ3n) is 2.98. The molecule has 0 aliphatic rings. The number of hydrogen-bond donors (Lipinski definition) is 1. The molecule has 0 amide bonds. The molecule has 0 saturated heterocycles.